The van der Waals surface area contributed by atoms with E-state index in [0.717, 1.165) is 17.0 Å². The Morgan fingerprint density at radius 1 is 1.48 bits per heavy atom. The van der Waals surface area contributed by atoms with Crippen LogP contribution in [0, 0.1) is 35.3 Å². The second-order valence-corrected chi connectivity index (χ2v) is 4.73. The summed E-state index contributed by atoms with van der Waals surface area (Å²) in [4.78, 5) is 10.2. The van der Waals surface area contributed by atoms with Gasteiger partial charge in [0.15, 0.2) is 0 Å². The molecule has 2 rings (SSSR count). The van der Waals surface area contributed by atoms with E-state index in [0.29, 0.717) is 12.2 Å². The molecule has 7 nitrogen and oxygen atoms in total. The number of rotatable bonds is 4. The molecule has 0 aliphatic heterocycles. The zero-order valence-corrected chi connectivity index (χ0v) is 12.0. The molecule has 0 spiro atoms. The molecule has 1 aromatic carbocycles. The van der Waals surface area contributed by atoms with Crippen LogP contribution in [0.15, 0.2) is 18.2 Å². The van der Waals surface area contributed by atoms with Gasteiger partial charge in [0, 0.05) is 36.6 Å². The number of aromatic nitrogens is 2. The predicted molar refractivity (Wildman–Crippen MR) is 77.8 cm³/mol. The first kappa shape index (κ1) is 14.5. The van der Waals surface area contributed by atoms with Gasteiger partial charge in [0.2, 0.25) is 0 Å². The van der Waals surface area contributed by atoms with Gasteiger partial charge in [0.25, 0.3) is 5.69 Å². The minimum Gasteiger partial charge on any atom is -0.381 e. The molecule has 0 bridgehead atoms. The molecule has 0 saturated carbocycles. The fourth-order valence-corrected chi connectivity index (χ4v) is 2.16. The Kier molecular flexibility index (Phi) is 3.89. The molecule has 0 aliphatic rings. The molecule has 0 fully saturated rings. The number of hydrogen-bond acceptors (Lipinski definition) is 5. The van der Waals surface area contributed by atoms with E-state index in [1.165, 1.54) is 12.1 Å². The molecule has 7 heteroatoms. The maximum atomic E-state index is 10.8. The number of nitrogens with one attached hydrogen (secondary N) is 1. The Balaban J connectivity index is 2.21. The summed E-state index contributed by atoms with van der Waals surface area (Å²) in [5, 5.41) is 27.3. The van der Waals surface area contributed by atoms with Gasteiger partial charge < -0.3 is 5.32 Å². The Hall–Kier alpha value is -2.88. The van der Waals surface area contributed by atoms with Gasteiger partial charge in [-0.25, -0.2) is 0 Å². The van der Waals surface area contributed by atoms with Gasteiger partial charge in [0.05, 0.1) is 10.6 Å². The number of nitrogens with zero attached hydrogens (tertiary/aromatic N) is 4. The van der Waals surface area contributed by atoms with Crippen LogP contribution in [0.5, 0.6) is 0 Å². The fraction of sp³-hybridized carbons (Fsp3) is 0.286. The quantitative estimate of drug-likeness (QED) is 0.687. The van der Waals surface area contributed by atoms with Gasteiger partial charge in [-0.2, -0.15) is 10.4 Å². The van der Waals surface area contributed by atoms with Crippen LogP contribution >= 0.6 is 0 Å². The van der Waals surface area contributed by atoms with Crippen molar-refractivity contribution in [3.63, 3.8) is 0 Å². The van der Waals surface area contributed by atoms with Crippen molar-refractivity contribution >= 4 is 11.4 Å². The minimum absolute atomic E-state index is 0.0460. The van der Waals surface area contributed by atoms with Crippen LogP contribution in [-0.2, 0) is 13.6 Å². The Morgan fingerprint density at radius 2 is 2.19 bits per heavy atom. The summed E-state index contributed by atoms with van der Waals surface area (Å²) in [6.45, 7) is 4.46. The third-order valence-electron chi connectivity index (χ3n) is 3.44. The van der Waals surface area contributed by atoms with E-state index in [2.05, 4.69) is 10.4 Å². The highest BCUT2D eigenvalue weighted by Gasteiger charge is 2.14. The lowest BCUT2D eigenvalue weighted by atomic mass is 10.1. The minimum atomic E-state index is -0.558. The lowest BCUT2D eigenvalue weighted by molar-refractivity contribution is -0.385. The summed E-state index contributed by atoms with van der Waals surface area (Å²) in [5.41, 5.74) is 3.60. The number of anilines is 1. The molecule has 21 heavy (non-hydrogen) atoms. The third-order valence-corrected chi connectivity index (χ3v) is 3.44. The van der Waals surface area contributed by atoms with Crippen molar-refractivity contribution < 1.29 is 4.92 Å². The Labute approximate surface area is 122 Å². The van der Waals surface area contributed by atoms with Crippen molar-refractivity contribution in [2.45, 2.75) is 20.4 Å². The largest absolute Gasteiger partial charge is 0.381 e. The van der Waals surface area contributed by atoms with E-state index in [4.69, 9.17) is 5.26 Å². The average molecular weight is 285 g/mol. The number of benzene rings is 1. The first-order valence-corrected chi connectivity index (χ1v) is 6.35. The third kappa shape index (κ3) is 2.84. The maximum absolute atomic E-state index is 10.8. The first-order chi connectivity index (χ1) is 9.93. The molecule has 0 atom stereocenters. The van der Waals surface area contributed by atoms with Gasteiger partial charge in [-0.1, -0.05) is 0 Å². The second kappa shape index (κ2) is 5.63. The molecule has 2 aromatic rings. The SMILES string of the molecule is Cc1nn(C)c(C)c1CNc1ccc([N+](=O)[O-])c(C#N)c1. The normalized spacial score (nSPS) is 10.2. The van der Waals surface area contributed by atoms with Crippen LogP contribution in [0.3, 0.4) is 0 Å². The van der Waals surface area contributed by atoms with Gasteiger partial charge >= 0.3 is 0 Å². The van der Waals surface area contributed by atoms with E-state index >= 15 is 0 Å². The van der Waals surface area contributed by atoms with Crippen molar-refractivity contribution in [2.24, 2.45) is 7.05 Å². The number of nitro benzene ring substituents is 1. The highest BCUT2D eigenvalue weighted by Crippen LogP contribution is 2.23. The number of nitro groups is 1. The summed E-state index contributed by atoms with van der Waals surface area (Å²) < 4.78 is 1.81. The van der Waals surface area contributed by atoms with Crippen molar-refractivity contribution in [3.8, 4) is 6.07 Å². The monoisotopic (exact) mass is 285 g/mol. The van der Waals surface area contributed by atoms with Crippen molar-refractivity contribution in [1.82, 2.24) is 9.78 Å². The standard InChI is InChI=1S/C14H15N5O2/c1-9-13(10(2)18(3)17-9)8-16-12-4-5-14(19(20)21)11(6-12)7-15/h4-6,16H,8H2,1-3H3. The average Bonchev–Trinajstić information content (AvgIpc) is 2.69. The van der Waals surface area contributed by atoms with E-state index < -0.39 is 4.92 Å². The molecule has 1 heterocycles. The second-order valence-electron chi connectivity index (χ2n) is 4.73. The molecule has 1 aromatic heterocycles. The van der Waals surface area contributed by atoms with Crippen molar-refractivity contribution in [2.75, 3.05) is 5.32 Å². The lowest BCUT2D eigenvalue weighted by Gasteiger charge is -2.07. The summed E-state index contributed by atoms with van der Waals surface area (Å²) in [7, 11) is 1.88. The van der Waals surface area contributed by atoms with E-state index in [1.54, 1.807) is 6.07 Å². The Bertz CT molecular complexity index is 743. The maximum Gasteiger partial charge on any atom is 0.287 e. The highest BCUT2D eigenvalue weighted by molar-refractivity contribution is 5.58. The van der Waals surface area contributed by atoms with E-state index in [-0.39, 0.29) is 11.3 Å². The summed E-state index contributed by atoms with van der Waals surface area (Å²) in [6.07, 6.45) is 0. The van der Waals surface area contributed by atoms with Crippen LogP contribution in [0.25, 0.3) is 0 Å². The Morgan fingerprint density at radius 3 is 2.71 bits per heavy atom. The fourth-order valence-electron chi connectivity index (χ4n) is 2.16. The van der Waals surface area contributed by atoms with Crippen LogP contribution in [-0.4, -0.2) is 14.7 Å². The molecule has 0 saturated heterocycles. The topological polar surface area (TPSA) is 96.8 Å². The summed E-state index contributed by atoms with van der Waals surface area (Å²) in [5.74, 6) is 0. The van der Waals surface area contributed by atoms with E-state index in [1.807, 2.05) is 31.6 Å². The van der Waals surface area contributed by atoms with Gasteiger partial charge in [-0.3, -0.25) is 14.8 Å². The number of hydrogen-bond donors (Lipinski definition) is 1. The first-order valence-electron chi connectivity index (χ1n) is 6.35. The molecule has 0 unspecified atom stereocenters. The summed E-state index contributed by atoms with van der Waals surface area (Å²) in [6, 6.07) is 6.26. The smallest absolute Gasteiger partial charge is 0.287 e. The molecular weight excluding hydrogens is 270 g/mol. The van der Waals surface area contributed by atoms with Crippen LogP contribution in [0.4, 0.5) is 11.4 Å². The predicted octanol–water partition coefficient (Wildman–Crippen LogP) is 2.43. The molecule has 0 radical (unpaired) electrons. The summed E-state index contributed by atoms with van der Waals surface area (Å²) >= 11 is 0. The van der Waals surface area contributed by atoms with Crippen LogP contribution in [0.1, 0.15) is 22.5 Å². The van der Waals surface area contributed by atoms with Crippen molar-refractivity contribution in [1.29, 1.82) is 5.26 Å². The molecule has 1 N–H and O–H groups in total. The van der Waals surface area contributed by atoms with Crippen molar-refractivity contribution in [3.05, 3.63) is 50.8 Å². The molecular formula is C14H15N5O2. The van der Waals surface area contributed by atoms with Gasteiger partial charge in [-0.15, -0.1) is 0 Å². The molecule has 0 amide bonds. The lowest BCUT2D eigenvalue weighted by Crippen LogP contribution is -2.03. The highest BCUT2D eigenvalue weighted by atomic mass is 16.6. The van der Waals surface area contributed by atoms with E-state index in [9.17, 15) is 10.1 Å². The van der Waals surface area contributed by atoms with Gasteiger partial charge in [-0.05, 0) is 26.0 Å². The molecule has 108 valence electrons. The zero-order chi connectivity index (χ0) is 15.6. The zero-order valence-electron chi connectivity index (χ0n) is 12.0. The number of nitriles is 1. The van der Waals surface area contributed by atoms with Crippen LogP contribution in [0.2, 0.25) is 0 Å². The van der Waals surface area contributed by atoms with Gasteiger partial charge in [0.1, 0.15) is 11.6 Å². The molecule has 0 aliphatic carbocycles. The number of aryl methyl sites for hydroxylation is 2. The van der Waals surface area contributed by atoms with Crippen LogP contribution < -0.4 is 5.32 Å².